The molecule has 0 radical (unpaired) electrons. The van der Waals surface area contributed by atoms with Crippen molar-refractivity contribution in [3.8, 4) is 5.75 Å². The van der Waals surface area contributed by atoms with Crippen LogP contribution in [-0.4, -0.2) is 29.9 Å². The van der Waals surface area contributed by atoms with E-state index < -0.39 is 0 Å². The van der Waals surface area contributed by atoms with Gasteiger partial charge in [0.1, 0.15) is 12.4 Å². The number of hydrogen-bond donors (Lipinski definition) is 1. The normalized spacial score (nSPS) is 20.3. The van der Waals surface area contributed by atoms with Crippen molar-refractivity contribution in [3.63, 3.8) is 0 Å². The van der Waals surface area contributed by atoms with Crippen molar-refractivity contribution in [2.24, 2.45) is 11.7 Å². The van der Waals surface area contributed by atoms with Crippen molar-refractivity contribution in [2.45, 2.75) is 32.4 Å². The lowest BCUT2D eigenvalue weighted by Crippen LogP contribution is -2.49. The average molecular weight is 338 g/mol. The molecule has 132 valence electrons. The Kier molecular flexibility index (Phi) is 5.71. The van der Waals surface area contributed by atoms with E-state index in [-0.39, 0.29) is 11.9 Å². The van der Waals surface area contributed by atoms with E-state index >= 15 is 0 Å². The van der Waals surface area contributed by atoms with Gasteiger partial charge in [0.15, 0.2) is 0 Å². The molecule has 1 aliphatic heterocycles. The van der Waals surface area contributed by atoms with Crippen LogP contribution in [0.25, 0.3) is 0 Å². The van der Waals surface area contributed by atoms with E-state index in [2.05, 4.69) is 6.92 Å². The van der Waals surface area contributed by atoms with Crippen molar-refractivity contribution in [2.75, 3.05) is 13.1 Å². The molecule has 4 nitrogen and oxygen atoms in total. The van der Waals surface area contributed by atoms with Crippen LogP contribution >= 0.6 is 0 Å². The zero-order valence-corrected chi connectivity index (χ0v) is 14.7. The molecule has 1 amide bonds. The first-order valence-corrected chi connectivity index (χ1v) is 8.95. The fourth-order valence-electron chi connectivity index (χ4n) is 3.37. The van der Waals surface area contributed by atoms with Crippen LogP contribution in [0.2, 0.25) is 0 Å². The summed E-state index contributed by atoms with van der Waals surface area (Å²) in [4.78, 5) is 14.8. The van der Waals surface area contributed by atoms with Gasteiger partial charge >= 0.3 is 0 Å². The molecule has 2 unspecified atom stereocenters. The monoisotopic (exact) mass is 338 g/mol. The predicted octanol–water partition coefficient (Wildman–Crippen LogP) is 3.47. The lowest BCUT2D eigenvalue weighted by atomic mass is 9.92. The van der Waals surface area contributed by atoms with Crippen molar-refractivity contribution in [1.29, 1.82) is 0 Å². The summed E-state index contributed by atoms with van der Waals surface area (Å²) < 4.78 is 5.85. The summed E-state index contributed by atoms with van der Waals surface area (Å²) >= 11 is 0. The number of nitrogens with two attached hydrogens (primary N) is 1. The highest BCUT2D eigenvalue weighted by Crippen LogP contribution is 2.25. The second-order valence-corrected chi connectivity index (χ2v) is 6.82. The van der Waals surface area contributed by atoms with Crippen molar-refractivity contribution >= 4 is 5.91 Å². The third kappa shape index (κ3) is 4.40. The Bertz CT molecular complexity index is 702. The quantitative estimate of drug-likeness (QED) is 0.908. The number of rotatable bonds is 5. The van der Waals surface area contributed by atoms with E-state index in [0.29, 0.717) is 30.4 Å². The summed E-state index contributed by atoms with van der Waals surface area (Å²) in [6.07, 6.45) is 2.01. The zero-order valence-electron chi connectivity index (χ0n) is 14.7. The van der Waals surface area contributed by atoms with Crippen LogP contribution in [0.4, 0.5) is 0 Å². The fraction of sp³-hybridized carbons (Fsp3) is 0.381. The molecule has 0 aliphatic carbocycles. The van der Waals surface area contributed by atoms with Gasteiger partial charge in [-0.25, -0.2) is 0 Å². The molecule has 0 saturated carbocycles. The van der Waals surface area contributed by atoms with Crippen LogP contribution in [0.1, 0.15) is 35.7 Å². The van der Waals surface area contributed by atoms with Crippen LogP contribution in [0.15, 0.2) is 54.6 Å². The molecule has 0 spiro atoms. The molecule has 1 aliphatic rings. The Morgan fingerprint density at radius 1 is 1.20 bits per heavy atom. The Morgan fingerprint density at radius 2 is 2.00 bits per heavy atom. The maximum atomic E-state index is 12.9. The van der Waals surface area contributed by atoms with E-state index in [1.807, 2.05) is 59.5 Å². The number of carbonyl (C=O) groups excluding carboxylic acids is 1. The van der Waals surface area contributed by atoms with Gasteiger partial charge in [0.25, 0.3) is 5.91 Å². The van der Waals surface area contributed by atoms with E-state index in [9.17, 15) is 4.79 Å². The standard InChI is InChI=1S/C21H26N2O2/c1-16-10-11-23(19(12-16)14-22)21(24)18-8-5-9-20(13-18)25-15-17-6-3-2-4-7-17/h2-9,13,16,19H,10-12,14-15,22H2,1H3. The van der Waals surface area contributed by atoms with Gasteiger partial charge in [-0.05, 0) is 42.5 Å². The Morgan fingerprint density at radius 3 is 2.76 bits per heavy atom. The second-order valence-electron chi connectivity index (χ2n) is 6.82. The molecule has 2 atom stereocenters. The summed E-state index contributed by atoms with van der Waals surface area (Å²) in [5, 5.41) is 0. The molecule has 3 rings (SSSR count). The van der Waals surface area contributed by atoms with Crippen LogP contribution in [0.3, 0.4) is 0 Å². The molecule has 0 bridgehead atoms. The molecule has 2 N–H and O–H groups in total. The molecule has 2 aromatic carbocycles. The molecule has 2 aromatic rings. The first-order valence-electron chi connectivity index (χ1n) is 8.95. The lowest BCUT2D eigenvalue weighted by Gasteiger charge is -2.38. The van der Waals surface area contributed by atoms with Crippen molar-refractivity contribution in [3.05, 3.63) is 65.7 Å². The van der Waals surface area contributed by atoms with Gasteiger partial charge < -0.3 is 15.4 Å². The van der Waals surface area contributed by atoms with Gasteiger partial charge in [-0.15, -0.1) is 0 Å². The topological polar surface area (TPSA) is 55.6 Å². The summed E-state index contributed by atoms with van der Waals surface area (Å²) in [7, 11) is 0. The van der Waals surface area contributed by atoms with E-state index in [1.165, 1.54) is 0 Å². The van der Waals surface area contributed by atoms with Gasteiger partial charge in [-0.2, -0.15) is 0 Å². The molecular weight excluding hydrogens is 312 g/mol. The highest BCUT2D eigenvalue weighted by atomic mass is 16.5. The third-order valence-corrected chi connectivity index (χ3v) is 4.84. The molecule has 4 heteroatoms. The molecule has 1 saturated heterocycles. The summed E-state index contributed by atoms with van der Waals surface area (Å²) in [5.74, 6) is 1.38. The second kappa shape index (κ2) is 8.17. The van der Waals surface area contributed by atoms with Crippen LogP contribution in [0.5, 0.6) is 5.75 Å². The number of hydrogen-bond acceptors (Lipinski definition) is 3. The molecule has 0 aromatic heterocycles. The van der Waals surface area contributed by atoms with Crippen molar-refractivity contribution in [1.82, 2.24) is 4.90 Å². The number of ether oxygens (including phenoxy) is 1. The Balaban J connectivity index is 1.69. The van der Waals surface area contributed by atoms with Gasteiger partial charge in [0.2, 0.25) is 0 Å². The smallest absolute Gasteiger partial charge is 0.254 e. The number of piperidine rings is 1. The molecule has 25 heavy (non-hydrogen) atoms. The lowest BCUT2D eigenvalue weighted by molar-refractivity contribution is 0.0573. The highest BCUT2D eigenvalue weighted by Gasteiger charge is 2.29. The molecular formula is C21H26N2O2. The minimum Gasteiger partial charge on any atom is -0.489 e. The fourth-order valence-corrected chi connectivity index (χ4v) is 3.37. The minimum absolute atomic E-state index is 0.0486. The predicted molar refractivity (Wildman–Crippen MR) is 99.5 cm³/mol. The first kappa shape index (κ1) is 17.5. The Hall–Kier alpha value is -2.33. The van der Waals surface area contributed by atoms with Crippen LogP contribution in [-0.2, 0) is 6.61 Å². The maximum Gasteiger partial charge on any atom is 0.254 e. The van der Waals surface area contributed by atoms with Crippen LogP contribution < -0.4 is 10.5 Å². The molecule has 1 heterocycles. The summed E-state index contributed by atoms with van der Waals surface area (Å²) in [5.41, 5.74) is 7.66. The number of nitrogens with zero attached hydrogens (tertiary/aromatic N) is 1. The van der Waals surface area contributed by atoms with Crippen molar-refractivity contribution < 1.29 is 9.53 Å². The maximum absolute atomic E-state index is 12.9. The van der Waals surface area contributed by atoms with Gasteiger partial charge in [0, 0.05) is 24.7 Å². The largest absolute Gasteiger partial charge is 0.489 e. The van der Waals surface area contributed by atoms with Gasteiger partial charge in [-0.3, -0.25) is 4.79 Å². The number of carbonyl (C=O) groups is 1. The zero-order chi connectivity index (χ0) is 17.6. The van der Waals surface area contributed by atoms with E-state index in [0.717, 1.165) is 24.9 Å². The van der Waals surface area contributed by atoms with Gasteiger partial charge in [0.05, 0.1) is 0 Å². The average Bonchev–Trinajstić information content (AvgIpc) is 2.67. The number of likely N-dealkylation sites (tertiary alicyclic amines) is 1. The highest BCUT2D eigenvalue weighted by molar-refractivity contribution is 5.94. The minimum atomic E-state index is 0.0486. The third-order valence-electron chi connectivity index (χ3n) is 4.84. The molecule has 1 fully saturated rings. The summed E-state index contributed by atoms with van der Waals surface area (Å²) in [6.45, 7) is 4.00. The first-order chi connectivity index (χ1) is 12.2. The van der Waals surface area contributed by atoms with Crippen LogP contribution in [0, 0.1) is 5.92 Å². The SMILES string of the molecule is CC1CCN(C(=O)c2cccc(OCc3ccccc3)c2)C(CN)C1. The van der Waals surface area contributed by atoms with E-state index in [4.69, 9.17) is 10.5 Å². The number of benzene rings is 2. The van der Waals surface area contributed by atoms with E-state index in [1.54, 1.807) is 0 Å². The Labute approximate surface area is 149 Å². The summed E-state index contributed by atoms with van der Waals surface area (Å²) in [6, 6.07) is 17.6. The van der Waals surface area contributed by atoms with Gasteiger partial charge in [-0.1, -0.05) is 43.3 Å². The number of amides is 1.